The van der Waals surface area contributed by atoms with Crippen LogP contribution in [0.4, 0.5) is 5.69 Å². The Hall–Kier alpha value is -2.63. The number of hydrazine groups is 1. The largest absolute Gasteiger partial charge is 0.371 e. The molecular formula is C19H18N2O2S. The van der Waals surface area contributed by atoms with Crippen LogP contribution in [0.15, 0.2) is 72.1 Å². The minimum absolute atomic E-state index is 0.525. The van der Waals surface area contributed by atoms with E-state index in [0.29, 0.717) is 10.4 Å². The van der Waals surface area contributed by atoms with Crippen molar-refractivity contribution in [2.75, 3.05) is 5.43 Å². The molecule has 0 spiro atoms. The van der Waals surface area contributed by atoms with Gasteiger partial charge in [0.1, 0.15) is 0 Å². The van der Waals surface area contributed by atoms with Crippen molar-refractivity contribution in [1.29, 1.82) is 0 Å². The van der Waals surface area contributed by atoms with Gasteiger partial charge in [0.05, 0.1) is 10.6 Å². The zero-order valence-electron chi connectivity index (χ0n) is 13.2. The molecule has 0 saturated carbocycles. The van der Waals surface area contributed by atoms with Crippen LogP contribution in [-0.2, 0) is 10.4 Å². The van der Waals surface area contributed by atoms with Crippen molar-refractivity contribution >= 4 is 22.9 Å². The fraction of sp³-hybridized carbons (Fsp3) is 0.105. The highest BCUT2D eigenvalue weighted by Gasteiger charge is 2.41. The highest BCUT2D eigenvalue weighted by atomic mass is 32.1. The highest BCUT2D eigenvalue weighted by Crippen LogP contribution is 2.33. The van der Waals surface area contributed by atoms with Gasteiger partial charge in [0.2, 0.25) is 5.60 Å². The van der Waals surface area contributed by atoms with Gasteiger partial charge in [-0.3, -0.25) is 15.6 Å². The van der Waals surface area contributed by atoms with Crippen molar-refractivity contribution in [3.63, 3.8) is 0 Å². The van der Waals surface area contributed by atoms with Crippen molar-refractivity contribution in [2.45, 2.75) is 12.5 Å². The second-order valence-corrected chi connectivity index (χ2v) is 6.40. The van der Waals surface area contributed by atoms with Crippen molar-refractivity contribution in [1.82, 2.24) is 5.43 Å². The van der Waals surface area contributed by atoms with Crippen LogP contribution in [0.3, 0.4) is 0 Å². The number of nitrogens with one attached hydrogen (secondary N) is 2. The van der Waals surface area contributed by atoms with Crippen LogP contribution in [0, 0.1) is 6.92 Å². The Morgan fingerprint density at radius 2 is 1.71 bits per heavy atom. The van der Waals surface area contributed by atoms with E-state index in [4.69, 9.17) is 0 Å². The molecule has 3 N–H and O–H groups in total. The molecule has 0 fully saturated rings. The standard InChI is InChI=1S/C19H18N2O2S/c1-14-8-5-6-11-16(14)20-21-18(22)19(23,17-12-7-13-24-17)15-9-3-2-4-10-15/h2-13,20,23H,1H3,(H,21,22). The number of aliphatic hydroxyl groups is 1. The first-order chi connectivity index (χ1) is 11.6. The molecule has 1 atom stereocenters. The lowest BCUT2D eigenvalue weighted by Gasteiger charge is -2.27. The van der Waals surface area contributed by atoms with Crippen molar-refractivity contribution in [2.24, 2.45) is 0 Å². The van der Waals surface area contributed by atoms with Gasteiger partial charge in [-0.15, -0.1) is 11.3 Å². The Morgan fingerprint density at radius 1 is 1.00 bits per heavy atom. The quantitative estimate of drug-likeness (QED) is 0.625. The van der Waals surface area contributed by atoms with Gasteiger partial charge < -0.3 is 5.11 Å². The maximum absolute atomic E-state index is 12.8. The minimum atomic E-state index is -1.74. The lowest BCUT2D eigenvalue weighted by molar-refractivity contribution is -0.135. The van der Waals surface area contributed by atoms with Gasteiger partial charge in [-0.05, 0) is 35.6 Å². The van der Waals surface area contributed by atoms with E-state index >= 15 is 0 Å². The van der Waals surface area contributed by atoms with Gasteiger partial charge in [-0.1, -0.05) is 54.6 Å². The molecule has 0 aliphatic heterocycles. The molecule has 24 heavy (non-hydrogen) atoms. The van der Waals surface area contributed by atoms with Crippen LogP contribution in [0.2, 0.25) is 0 Å². The molecule has 5 heteroatoms. The number of hydrogen-bond donors (Lipinski definition) is 3. The van der Waals surface area contributed by atoms with Crippen LogP contribution in [-0.4, -0.2) is 11.0 Å². The molecule has 122 valence electrons. The second kappa shape index (κ2) is 6.86. The number of para-hydroxylation sites is 1. The van der Waals surface area contributed by atoms with Crippen LogP contribution in [0.5, 0.6) is 0 Å². The fourth-order valence-electron chi connectivity index (χ4n) is 2.48. The Morgan fingerprint density at radius 3 is 2.38 bits per heavy atom. The molecule has 1 unspecified atom stereocenters. The number of aryl methyl sites for hydroxylation is 1. The number of benzene rings is 2. The number of amides is 1. The third-order valence-corrected chi connectivity index (χ3v) is 4.83. The smallest absolute Gasteiger partial charge is 0.280 e. The highest BCUT2D eigenvalue weighted by molar-refractivity contribution is 7.10. The maximum Gasteiger partial charge on any atom is 0.280 e. The van der Waals surface area contributed by atoms with E-state index in [1.54, 1.807) is 30.3 Å². The third kappa shape index (κ3) is 3.04. The molecule has 1 aromatic heterocycles. The first kappa shape index (κ1) is 16.2. The zero-order chi connectivity index (χ0) is 17.0. The van der Waals surface area contributed by atoms with E-state index in [1.807, 2.05) is 48.7 Å². The van der Waals surface area contributed by atoms with Gasteiger partial charge in [-0.25, -0.2) is 0 Å². The Bertz CT molecular complexity index is 818. The third-order valence-electron chi connectivity index (χ3n) is 3.85. The van der Waals surface area contributed by atoms with Crippen molar-refractivity contribution < 1.29 is 9.90 Å². The topological polar surface area (TPSA) is 61.4 Å². The molecule has 0 bridgehead atoms. The monoisotopic (exact) mass is 338 g/mol. The molecule has 1 amide bonds. The summed E-state index contributed by atoms with van der Waals surface area (Å²) in [6.45, 7) is 1.94. The summed E-state index contributed by atoms with van der Waals surface area (Å²) in [5.41, 5.74) is 6.09. The van der Waals surface area contributed by atoms with Crippen molar-refractivity contribution in [3.8, 4) is 0 Å². The van der Waals surface area contributed by atoms with Crippen LogP contribution in [0.25, 0.3) is 0 Å². The molecule has 4 nitrogen and oxygen atoms in total. The summed E-state index contributed by atoms with van der Waals surface area (Å²) < 4.78 is 0. The molecule has 3 aromatic rings. The van der Waals surface area contributed by atoms with Gasteiger partial charge in [0.15, 0.2) is 0 Å². The van der Waals surface area contributed by atoms with E-state index < -0.39 is 11.5 Å². The van der Waals surface area contributed by atoms with Gasteiger partial charge >= 0.3 is 0 Å². The maximum atomic E-state index is 12.8. The molecule has 1 heterocycles. The summed E-state index contributed by atoms with van der Waals surface area (Å²) in [6.07, 6.45) is 0. The second-order valence-electron chi connectivity index (χ2n) is 5.45. The number of carbonyl (C=O) groups excluding carboxylic acids is 1. The molecule has 0 saturated heterocycles. The number of thiophene rings is 1. The van der Waals surface area contributed by atoms with E-state index in [0.717, 1.165) is 11.3 Å². The summed E-state index contributed by atoms with van der Waals surface area (Å²) in [5, 5.41) is 13.1. The lowest BCUT2D eigenvalue weighted by atomic mass is 9.91. The van der Waals surface area contributed by atoms with Gasteiger partial charge in [-0.2, -0.15) is 0 Å². The molecule has 0 aliphatic carbocycles. The number of hydrogen-bond acceptors (Lipinski definition) is 4. The Balaban J connectivity index is 1.89. The minimum Gasteiger partial charge on any atom is -0.371 e. The zero-order valence-corrected chi connectivity index (χ0v) is 14.0. The summed E-state index contributed by atoms with van der Waals surface area (Å²) >= 11 is 1.34. The average molecular weight is 338 g/mol. The first-order valence-corrected chi connectivity index (χ1v) is 8.44. The molecule has 3 rings (SSSR count). The predicted octanol–water partition coefficient (Wildman–Crippen LogP) is 3.44. The van der Waals surface area contributed by atoms with Crippen LogP contribution < -0.4 is 10.9 Å². The predicted molar refractivity (Wildman–Crippen MR) is 96.7 cm³/mol. The number of carbonyl (C=O) groups is 1. The van der Waals surface area contributed by atoms with Crippen LogP contribution >= 0.6 is 11.3 Å². The average Bonchev–Trinajstić information content (AvgIpc) is 3.16. The van der Waals surface area contributed by atoms with Gasteiger partial charge in [0.25, 0.3) is 5.91 Å². The number of anilines is 1. The molecular weight excluding hydrogens is 320 g/mol. The first-order valence-electron chi connectivity index (χ1n) is 7.56. The van der Waals surface area contributed by atoms with Crippen LogP contribution in [0.1, 0.15) is 16.0 Å². The summed E-state index contributed by atoms with van der Waals surface area (Å²) in [7, 11) is 0. The fourth-order valence-corrected chi connectivity index (χ4v) is 3.32. The molecule has 0 aliphatic rings. The van der Waals surface area contributed by atoms with E-state index in [-0.39, 0.29) is 0 Å². The van der Waals surface area contributed by atoms with Crippen molar-refractivity contribution in [3.05, 3.63) is 88.1 Å². The SMILES string of the molecule is Cc1ccccc1NNC(=O)C(O)(c1ccccc1)c1cccs1. The summed E-state index contributed by atoms with van der Waals surface area (Å²) in [4.78, 5) is 13.4. The molecule has 0 radical (unpaired) electrons. The summed E-state index contributed by atoms with van der Waals surface area (Å²) in [5.74, 6) is -0.528. The van der Waals surface area contributed by atoms with E-state index in [2.05, 4.69) is 10.9 Å². The molecule has 2 aromatic carbocycles. The Labute approximate surface area is 144 Å². The van der Waals surface area contributed by atoms with E-state index in [1.165, 1.54) is 11.3 Å². The summed E-state index contributed by atoms with van der Waals surface area (Å²) in [6, 6.07) is 20.1. The lowest BCUT2D eigenvalue weighted by Crippen LogP contribution is -2.47. The van der Waals surface area contributed by atoms with E-state index in [9.17, 15) is 9.90 Å². The number of rotatable bonds is 5. The normalized spacial score (nSPS) is 13.1. The van der Waals surface area contributed by atoms with Gasteiger partial charge in [0, 0.05) is 0 Å². The Kier molecular flexibility index (Phi) is 4.64.